The van der Waals surface area contributed by atoms with E-state index in [4.69, 9.17) is 0 Å². The summed E-state index contributed by atoms with van der Waals surface area (Å²) < 4.78 is 0. The summed E-state index contributed by atoms with van der Waals surface area (Å²) in [5.74, 6) is 0.937. The minimum Gasteiger partial charge on any atom is -0.367 e. The quantitative estimate of drug-likeness (QED) is 0.816. The van der Waals surface area contributed by atoms with Crippen molar-refractivity contribution in [3.8, 4) is 0 Å². The maximum atomic E-state index is 4.36. The second kappa shape index (κ2) is 5.49. The third-order valence-corrected chi connectivity index (χ3v) is 4.04. The Labute approximate surface area is 116 Å². The lowest BCUT2D eigenvalue weighted by Crippen LogP contribution is -2.30. The Kier molecular flexibility index (Phi) is 3.74. The summed E-state index contributed by atoms with van der Waals surface area (Å²) in [6.07, 6.45) is 9.55. The van der Waals surface area contributed by atoms with E-state index < -0.39 is 0 Å². The molecule has 0 saturated heterocycles. The number of rotatable bonds is 7. The van der Waals surface area contributed by atoms with Crippen LogP contribution in [0.3, 0.4) is 0 Å². The van der Waals surface area contributed by atoms with Gasteiger partial charge in [-0.25, -0.2) is 0 Å². The van der Waals surface area contributed by atoms with E-state index in [1.165, 1.54) is 43.5 Å². The molecular formula is C16H25N3. The molecule has 3 nitrogen and oxygen atoms in total. The molecule has 0 bridgehead atoms. The van der Waals surface area contributed by atoms with Gasteiger partial charge in [0.05, 0.1) is 11.9 Å². The van der Waals surface area contributed by atoms with E-state index in [-0.39, 0.29) is 0 Å². The second-order valence-electron chi connectivity index (χ2n) is 6.37. The fourth-order valence-electron chi connectivity index (χ4n) is 2.55. The minimum atomic E-state index is 0.527. The first-order valence-corrected chi connectivity index (χ1v) is 7.67. The molecule has 1 aromatic rings. The predicted octanol–water partition coefficient (Wildman–Crippen LogP) is 2.96. The lowest BCUT2D eigenvalue weighted by molar-refractivity contribution is 0.586. The Hall–Kier alpha value is -1.09. The largest absolute Gasteiger partial charge is 0.367 e. The fourth-order valence-corrected chi connectivity index (χ4v) is 2.55. The molecular weight excluding hydrogens is 234 g/mol. The van der Waals surface area contributed by atoms with Gasteiger partial charge in [0.2, 0.25) is 0 Å². The maximum Gasteiger partial charge on any atom is 0.0600 e. The van der Waals surface area contributed by atoms with Gasteiger partial charge in [0.1, 0.15) is 0 Å². The normalized spacial score (nSPS) is 18.9. The van der Waals surface area contributed by atoms with Crippen molar-refractivity contribution in [2.75, 3.05) is 11.4 Å². The van der Waals surface area contributed by atoms with Crippen molar-refractivity contribution >= 4 is 5.69 Å². The molecule has 0 amide bonds. The van der Waals surface area contributed by atoms with Gasteiger partial charge >= 0.3 is 0 Å². The van der Waals surface area contributed by atoms with Crippen LogP contribution < -0.4 is 10.2 Å². The van der Waals surface area contributed by atoms with E-state index in [9.17, 15) is 0 Å². The summed E-state index contributed by atoms with van der Waals surface area (Å²) in [5.41, 5.74) is 2.77. The van der Waals surface area contributed by atoms with Crippen LogP contribution in [0.15, 0.2) is 18.5 Å². The van der Waals surface area contributed by atoms with Gasteiger partial charge in [0, 0.05) is 31.4 Å². The van der Waals surface area contributed by atoms with Crippen LogP contribution in [-0.4, -0.2) is 23.6 Å². The molecule has 0 aliphatic heterocycles. The van der Waals surface area contributed by atoms with E-state index in [1.807, 2.05) is 6.20 Å². The SMILES string of the molecule is CC(C)NCc1ccncc1N(CC1CC1)C1CC1. The number of nitrogens with one attached hydrogen (secondary N) is 1. The van der Waals surface area contributed by atoms with Crippen LogP contribution in [0, 0.1) is 5.92 Å². The molecule has 0 spiro atoms. The second-order valence-corrected chi connectivity index (χ2v) is 6.37. The highest BCUT2D eigenvalue weighted by molar-refractivity contribution is 5.53. The Morgan fingerprint density at radius 3 is 2.74 bits per heavy atom. The molecule has 1 heterocycles. The molecule has 0 atom stereocenters. The summed E-state index contributed by atoms with van der Waals surface area (Å²) >= 11 is 0. The van der Waals surface area contributed by atoms with E-state index in [2.05, 4.69) is 41.3 Å². The van der Waals surface area contributed by atoms with Crippen molar-refractivity contribution in [3.05, 3.63) is 24.0 Å². The molecule has 0 radical (unpaired) electrons. The predicted molar refractivity (Wildman–Crippen MR) is 79.3 cm³/mol. The summed E-state index contributed by atoms with van der Waals surface area (Å²) in [4.78, 5) is 6.99. The van der Waals surface area contributed by atoms with Crippen LogP contribution in [0.2, 0.25) is 0 Å². The lowest BCUT2D eigenvalue weighted by atomic mass is 10.1. The molecule has 2 aliphatic carbocycles. The van der Waals surface area contributed by atoms with Crippen LogP contribution in [-0.2, 0) is 6.54 Å². The van der Waals surface area contributed by atoms with Crippen LogP contribution in [0.25, 0.3) is 0 Å². The van der Waals surface area contributed by atoms with Gasteiger partial charge in [-0.1, -0.05) is 13.8 Å². The lowest BCUT2D eigenvalue weighted by Gasteiger charge is -2.27. The first-order valence-electron chi connectivity index (χ1n) is 7.67. The Balaban J connectivity index is 1.76. The number of anilines is 1. The monoisotopic (exact) mass is 259 g/mol. The molecule has 3 heteroatoms. The first kappa shape index (κ1) is 12.9. The van der Waals surface area contributed by atoms with Crippen molar-refractivity contribution in [1.82, 2.24) is 10.3 Å². The molecule has 2 saturated carbocycles. The molecule has 2 aliphatic rings. The van der Waals surface area contributed by atoms with Crippen molar-refractivity contribution in [3.63, 3.8) is 0 Å². The molecule has 0 unspecified atom stereocenters. The smallest absolute Gasteiger partial charge is 0.0600 e. The van der Waals surface area contributed by atoms with E-state index in [0.29, 0.717) is 6.04 Å². The van der Waals surface area contributed by atoms with Crippen molar-refractivity contribution < 1.29 is 0 Å². The summed E-state index contributed by atoms with van der Waals surface area (Å²) in [6.45, 7) is 6.59. The van der Waals surface area contributed by atoms with Crippen molar-refractivity contribution in [2.45, 2.75) is 58.2 Å². The maximum absolute atomic E-state index is 4.36. The number of nitrogens with zero attached hydrogens (tertiary/aromatic N) is 2. The number of hydrogen-bond acceptors (Lipinski definition) is 3. The van der Waals surface area contributed by atoms with E-state index >= 15 is 0 Å². The average molecular weight is 259 g/mol. The molecule has 1 aromatic heterocycles. The molecule has 19 heavy (non-hydrogen) atoms. The molecule has 1 N–H and O–H groups in total. The summed E-state index contributed by atoms with van der Waals surface area (Å²) in [5, 5.41) is 3.53. The van der Waals surface area contributed by atoms with Gasteiger partial charge in [0.25, 0.3) is 0 Å². The highest BCUT2D eigenvalue weighted by Crippen LogP contribution is 2.38. The Morgan fingerprint density at radius 1 is 1.32 bits per heavy atom. The summed E-state index contributed by atoms with van der Waals surface area (Å²) in [7, 11) is 0. The van der Waals surface area contributed by atoms with Crippen LogP contribution in [0.5, 0.6) is 0 Å². The summed E-state index contributed by atoms with van der Waals surface area (Å²) in [6, 6.07) is 3.48. The third kappa shape index (κ3) is 3.47. The van der Waals surface area contributed by atoms with E-state index in [0.717, 1.165) is 18.5 Å². The molecule has 104 valence electrons. The average Bonchev–Trinajstić information content (AvgIpc) is 3.27. The van der Waals surface area contributed by atoms with Crippen molar-refractivity contribution in [1.29, 1.82) is 0 Å². The highest BCUT2D eigenvalue weighted by atomic mass is 15.2. The van der Waals surface area contributed by atoms with Gasteiger partial charge < -0.3 is 10.2 Å². The zero-order valence-corrected chi connectivity index (χ0v) is 12.1. The van der Waals surface area contributed by atoms with Crippen LogP contribution in [0.1, 0.15) is 45.1 Å². The Bertz CT molecular complexity index is 422. The number of aromatic nitrogens is 1. The topological polar surface area (TPSA) is 28.2 Å². The zero-order valence-electron chi connectivity index (χ0n) is 12.1. The number of hydrogen-bond donors (Lipinski definition) is 1. The van der Waals surface area contributed by atoms with Gasteiger partial charge in [-0.3, -0.25) is 4.98 Å². The van der Waals surface area contributed by atoms with Gasteiger partial charge in [-0.2, -0.15) is 0 Å². The third-order valence-electron chi connectivity index (χ3n) is 4.04. The standard InChI is InChI=1S/C16H25N3/c1-12(2)18-9-14-7-8-17-10-16(14)19(15-5-6-15)11-13-3-4-13/h7-8,10,12-13,15,18H,3-6,9,11H2,1-2H3. The molecule has 0 aromatic carbocycles. The highest BCUT2D eigenvalue weighted by Gasteiger charge is 2.34. The van der Waals surface area contributed by atoms with Crippen LogP contribution >= 0.6 is 0 Å². The zero-order chi connectivity index (χ0) is 13.2. The van der Waals surface area contributed by atoms with Crippen molar-refractivity contribution in [2.24, 2.45) is 5.92 Å². The number of pyridine rings is 1. The minimum absolute atomic E-state index is 0.527. The van der Waals surface area contributed by atoms with Gasteiger partial charge in [-0.05, 0) is 43.2 Å². The fraction of sp³-hybridized carbons (Fsp3) is 0.688. The molecule has 2 fully saturated rings. The van der Waals surface area contributed by atoms with Gasteiger partial charge in [-0.15, -0.1) is 0 Å². The Morgan fingerprint density at radius 2 is 2.11 bits per heavy atom. The molecule has 3 rings (SSSR count). The first-order chi connectivity index (χ1) is 9.24. The van der Waals surface area contributed by atoms with Crippen LogP contribution in [0.4, 0.5) is 5.69 Å². The van der Waals surface area contributed by atoms with E-state index in [1.54, 1.807) is 0 Å². The van der Waals surface area contributed by atoms with Gasteiger partial charge in [0.15, 0.2) is 0 Å².